The van der Waals surface area contributed by atoms with E-state index in [1.54, 1.807) is 4.90 Å². The molecule has 0 aromatic rings. The Bertz CT molecular complexity index is 227. The number of β-amino-alcohol motifs (C(OH)–C–C–N with tert-alkyl or cyclic N) is 1. The lowest BCUT2D eigenvalue weighted by atomic mass is 9.94. The number of aliphatic hydroxyl groups excluding tert-OH is 1. The lowest BCUT2D eigenvalue weighted by Gasteiger charge is -2.30. The average molecular weight is 212 g/mol. The van der Waals surface area contributed by atoms with Crippen LogP contribution in [-0.2, 0) is 0 Å². The van der Waals surface area contributed by atoms with Crippen molar-refractivity contribution in [1.82, 2.24) is 9.80 Å². The number of hydrogen-bond donors (Lipinski definition) is 1. The van der Waals surface area contributed by atoms with Gasteiger partial charge in [-0.3, -0.25) is 0 Å². The first-order valence-corrected chi connectivity index (χ1v) is 5.99. The van der Waals surface area contributed by atoms with E-state index in [4.69, 9.17) is 5.11 Å². The van der Waals surface area contributed by atoms with Crippen molar-refractivity contribution in [2.75, 3.05) is 26.2 Å². The van der Waals surface area contributed by atoms with E-state index in [2.05, 4.69) is 0 Å². The Morgan fingerprint density at radius 2 is 1.93 bits per heavy atom. The minimum Gasteiger partial charge on any atom is -0.395 e. The molecule has 2 rings (SSSR count). The summed E-state index contributed by atoms with van der Waals surface area (Å²) in [5, 5.41) is 8.83. The SMILES string of the molecule is O=C1N(CCO)CCN1C1CCCCC1. The second-order valence-electron chi connectivity index (χ2n) is 4.48. The van der Waals surface area contributed by atoms with Gasteiger partial charge >= 0.3 is 6.03 Å². The van der Waals surface area contributed by atoms with Crippen LogP contribution in [0.2, 0.25) is 0 Å². The van der Waals surface area contributed by atoms with Crippen molar-refractivity contribution in [2.45, 2.75) is 38.1 Å². The van der Waals surface area contributed by atoms with Crippen LogP contribution in [0.25, 0.3) is 0 Å². The van der Waals surface area contributed by atoms with Gasteiger partial charge in [-0.2, -0.15) is 0 Å². The van der Waals surface area contributed by atoms with Gasteiger partial charge in [0.15, 0.2) is 0 Å². The molecule has 15 heavy (non-hydrogen) atoms. The third-order valence-electron chi connectivity index (χ3n) is 3.51. The second-order valence-corrected chi connectivity index (χ2v) is 4.48. The molecule has 2 fully saturated rings. The maximum absolute atomic E-state index is 11.9. The number of aliphatic hydroxyl groups is 1. The first-order valence-electron chi connectivity index (χ1n) is 5.99. The van der Waals surface area contributed by atoms with Crippen LogP contribution in [0.3, 0.4) is 0 Å². The number of carbonyl (C=O) groups excluding carboxylic acids is 1. The molecule has 1 saturated heterocycles. The molecule has 86 valence electrons. The van der Waals surface area contributed by atoms with Gasteiger partial charge in [-0.05, 0) is 12.8 Å². The van der Waals surface area contributed by atoms with Crippen LogP contribution < -0.4 is 0 Å². The molecule has 1 aliphatic carbocycles. The molecule has 0 spiro atoms. The molecular formula is C11H20N2O2. The summed E-state index contributed by atoms with van der Waals surface area (Å²) in [6.07, 6.45) is 6.17. The molecule has 0 aromatic carbocycles. The van der Waals surface area contributed by atoms with Crippen molar-refractivity contribution in [3.63, 3.8) is 0 Å². The van der Waals surface area contributed by atoms with Crippen LogP contribution in [0.4, 0.5) is 4.79 Å². The summed E-state index contributed by atoms with van der Waals surface area (Å²) in [6, 6.07) is 0.603. The fourth-order valence-corrected chi connectivity index (χ4v) is 2.66. The Morgan fingerprint density at radius 1 is 1.20 bits per heavy atom. The summed E-state index contributed by atoms with van der Waals surface area (Å²) in [6.45, 7) is 2.20. The number of amides is 2. The van der Waals surface area contributed by atoms with Crippen LogP contribution in [0.1, 0.15) is 32.1 Å². The largest absolute Gasteiger partial charge is 0.395 e. The Labute approximate surface area is 90.9 Å². The first kappa shape index (κ1) is 10.7. The van der Waals surface area contributed by atoms with Gasteiger partial charge in [-0.1, -0.05) is 19.3 Å². The molecule has 0 unspecified atom stereocenters. The topological polar surface area (TPSA) is 43.8 Å². The van der Waals surface area contributed by atoms with Gasteiger partial charge < -0.3 is 14.9 Å². The third kappa shape index (κ3) is 2.25. The summed E-state index contributed by atoms with van der Waals surface area (Å²) in [4.78, 5) is 15.7. The van der Waals surface area contributed by atoms with Crippen molar-refractivity contribution in [2.24, 2.45) is 0 Å². The van der Waals surface area contributed by atoms with Gasteiger partial charge in [0.1, 0.15) is 0 Å². The van der Waals surface area contributed by atoms with Crippen molar-refractivity contribution < 1.29 is 9.90 Å². The molecule has 0 aromatic heterocycles. The van der Waals surface area contributed by atoms with Crippen molar-refractivity contribution in [3.8, 4) is 0 Å². The average Bonchev–Trinajstić information content (AvgIpc) is 2.63. The zero-order valence-corrected chi connectivity index (χ0v) is 9.19. The van der Waals surface area contributed by atoms with Gasteiger partial charge in [-0.15, -0.1) is 0 Å². The van der Waals surface area contributed by atoms with E-state index in [0.29, 0.717) is 12.6 Å². The summed E-state index contributed by atoms with van der Waals surface area (Å²) in [5.41, 5.74) is 0. The van der Waals surface area contributed by atoms with Crippen molar-refractivity contribution in [1.29, 1.82) is 0 Å². The summed E-state index contributed by atoms with van der Waals surface area (Å²) in [7, 11) is 0. The van der Waals surface area contributed by atoms with Crippen LogP contribution in [0.5, 0.6) is 0 Å². The fourth-order valence-electron chi connectivity index (χ4n) is 2.66. The van der Waals surface area contributed by atoms with E-state index in [-0.39, 0.29) is 12.6 Å². The molecule has 1 aliphatic heterocycles. The molecular weight excluding hydrogens is 192 g/mol. The zero-order valence-electron chi connectivity index (χ0n) is 9.19. The Balaban J connectivity index is 1.90. The minimum atomic E-state index is 0.0737. The summed E-state index contributed by atoms with van der Waals surface area (Å²) >= 11 is 0. The van der Waals surface area contributed by atoms with E-state index >= 15 is 0 Å². The molecule has 0 radical (unpaired) electrons. The highest BCUT2D eigenvalue weighted by Gasteiger charge is 2.33. The zero-order chi connectivity index (χ0) is 10.7. The number of carbonyl (C=O) groups is 1. The smallest absolute Gasteiger partial charge is 0.320 e. The van der Waals surface area contributed by atoms with Gasteiger partial charge in [0.25, 0.3) is 0 Å². The van der Waals surface area contributed by atoms with E-state index in [0.717, 1.165) is 13.1 Å². The number of hydrogen-bond acceptors (Lipinski definition) is 2. The molecule has 0 atom stereocenters. The fraction of sp³-hybridized carbons (Fsp3) is 0.909. The van der Waals surface area contributed by atoms with Gasteiger partial charge in [0.05, 0.1) is 6.61 Å². The van der Waals surface area contributed by atoms with Gasteiger partial charge in [0.2, 0.25) is 0 Å². The lowest BCUT2D eigenvalue weighted by molar-refractivity contribution is 0.156. The van der Waals surface area contributed by atoms with Crippen LogP contribution in [-0.4, -0.2) is 53.2 Å². The van der Waals surface area contributed by atoms with E-state index in [1.807, 2.05) is 4.90 Å². The van der Waals surface area contributed by atoms with E-state index < -0.39 is 0 Å². The standard InChI is InChI=1S/C11H20N2O2/c14-9-8-12-6-7-13(11(12)15)10-4-2-1-3-5-10/h10,14H,1-9H2. The van der Waals surface area contributed by atoms with Crippen LogP contribution in [0.15, 0.2) is 0 Å². The van der Waals surface area contributed by atoms with Crippen molar-refractivity contribution in [3.05, 3.63) is 0 Å². The monoisotopic (exact) mass is 212 g/mol. The number of rotatable bonds is 3. The lowest BCUT2D eigenvalue weighted by Crippen LogP contribution is -2.40. The minimum absolute atomic E-state index is 0.0737. The van der Waals surface area contributed by atoms with Gasteiger partial charge in [0, 0.05) is 25.7 Å². The maximum Gasteiger partial charge on any atom is 0.320 e. The number of urea groups is 1. The molecule has 4 heteroatoms. The second kappa shape index (κ2) is 4.84. The highest BCUT2D eigenvalue weighted by Crippen LogP contribution is 2.25. The van der Waals surface area contributed by atoms with E-state index in [1.165, 1.54) is 32.1 Å². The number of nitrogens with zero attached hydrogens (tertiary/aromatic N) is 2. The Kier molecular flexibility index (Phi) is 3.46. The van der Waals surface area contributed by atoms with Crippen LogP contribution >= 0.6 is 0 Å². The first-order chi connectivity index (χ1) is 7.33. The molecule has 4 nitrogen and oxygen atoms in total. The van der Waals surface area contributed by atoms with Crippen molar-refractivity contribution >= 4 is 6.03 Å². The maximum atomic E-state index is 11.9. The van der Waals surface area contributed by atoms with Crippen LogP contribution in [0, 0.1) is 0 Å². The molecule has 1 saturated carbocycles. The quantitative estimate of drug-likeness (QED) is 0.760. The highest BCUT2D eigenvalue weighted by molar-refractivity contribution is 5.76. The molecule has 1 N–H and O–H groups in total. The highest BCUT2D eigenvalue weighted by atomic mass is 16.3. The van der Waals surface area contributed by atoms with E-state index in [9.17, 15) is 4.79 Å². The summed E-state index contributed by atoms with van der Waals surface area (Å²) in [5.74, 6) is 0. The Morgan fingerprint density at radius 3 is 2.60 bits per heavy atom. The molecule has 0 bridgehead atoms. The van der Waals surface area contributed by atoms with Gasteiger partial charge in [-0.25, -0.2) is 4.79 Å². The normalized spacial score (nSPS) is 23.9. The molecule has 2 aliphatic rings. The molecule has 1 heterocycles. The summed E-state index contributed by atoms with van der Waals surface area (Å²) < 4.78 is 0. The third-order valence-corrected chi connectivity index (χ3v) is 3.51. The predicted molar refractivity (Wildman–Crippen MR) is 57.6 cm³/mol. The Hall–Kier alpha value is -0.770. The molecule has 2 amide bonds. The predicted octanol–water partition coefficient (Wildman–Crippen LogP) is 1.05.